The molecular formula is C19H21N5O. The first-order valence-electron chi connectivity index (χ1n) is 8.62. The molecule has 2 heterocycles. The first-order chi connectivity index (χ1) is 12.2. The van der Waals surface area contributed by atoms with Crippen molar-refractivity contribution in [1.82, 2.24) is 25.1 Å². The summed E-state index contributed by atoms with van der Waals surface area (Å²) in [6.45, 7) is 2.67. The zero-order chi connectivity index (χ0) is 17.2. The van der Waals surface area contributed by atoms with Crippen LogP contribution < -0.4 is 10.9 Å². The highest BCUT2D eigenvalue weighted by atomic mass is 16.1. The van der Waals surface area contributed by atoms with Crippen LogP contribution in [0.2, 0.25) is 0 Å². The molecule has 0 radical (unpaired) electrons. The number of benzene rings is 1. The van der Waals surface area contributed by atoms with E-state index in [9.17, 15) is 4.79 Å². The van der Waals surface area contributed by atoms with Gasteiger partial charge in [0.15, 0.2) is 0 Å². The van der Waals surface area contributed by atoms with Crippen molar-refractivity contribution in [1.29, 1.82) is 0 Å². The standard InChI is InChI=1S/C19H21N5O/c1-13(15-4-2-5-17(10-15)24-9-3-8-21-24)20-12-16-11-18(25)23-19(22-16)14-6-7-14/h2-5,8-11,13-14,20H,6-7,12H2,1H3,(H,22,23,25). The molecule has 128 valence electrons. The molecule has 1 aromatic carbocycles. The van der Waals surface area contributed by atoms with Crippen LogP contribution >= 0.6 is 0 Å². The first kappa shape index (κ1) is 15.8. The summed E-state index contributed by atoms with van der Waals surface area (Å²) in [5.74, 6) is 1.27. The zero-order valence-corrected chi connectivity index (χ0v) is 14.1. The summed E-state index contributed by atoms with van der Waals surface area (Å²) in [7, 11) is 0. The van der Waals surface area contributed by atoms with E-state index in [1.54, 1.807) is 12.3 Å². The molecule has 6 nitrogen and oxygen atoms in total. The minimum Gasteiger partial charge on any atom is -0.310 e. The van der Waals surface area contributed by atoms with Crippen LogP contribution in [0.3, 0.4) is 0 Å². The normalized spacial score (nSPS) is 15.2. The molecular weight excluding hydrogens is 314 g/mol. The molecule has 4 rings (SSSR count). The van der Waals surface area contributed by atoms with Crippen LogP contribution in [0, 0.1) is 0 Å². The number of rotatable bonds is 6. The van der Waals surface area contributed by atoms with Gasteiger partial charge in [-0.05, 0) is 43.5 Å². The lowest BCUT2D eigenvalue weighted by atomic mass is 10.1. The smallest absolute Gasteiger partial charge is 0.251 e. The summed E-state index contributed by atoms with van der Waals surface area (Å²) in [6, 6.07) is 11.9. The Bertz CT molecular complexity index is 912. The van der Waals surface area contributed by atoms with Crippen molar-refractivity contribution in [2.75, 3.05) is 0 Å². The Morgan fingerprint density at radius 3 is 2.96 bits per heavy atom. The number of nitrogens with zero attached hydrogens (tertiary/aromatic N) is 3. The fraction of sp³-hybridized carbons (Fsp3) is 0.316. The second-order valence-electron chi connectivity index (χ2n) is 6.54. The lowest BCUT2D eigenvalue weighted by Gasteiger charge is -2.15. The molecule has 25 heavy (non-hydrogen) atoms. The minimum absolute atomic E-state index is 0.0676. The van der Waals surface area contributed by atoms with E-state index in [4.69, 9.17) is 0 Å². The molecule has 1 saturated carbocycles. The largest absolute Gasteiger partial charge is 0.310 e. The summed E-state index contributed by atoms with van der Waals surface area (Å²) in [6.07, 6.45) is 5.94. The van der Waals surface area contributed by atoms with Gasteiger partial charge < -0.3 is 10.3 Å². The van der Waals surface area contributed by atoms with Crippen LogP contribution in [0.25, 0.3) is 5.69 Å². The Kier molecular flexibility index (Phi) is 4.19. The average Bonchev–Trinajstić information content (AvgIpc) is 3.34. The predicted octanol–water partition coefficient (Wildman–Crippen LogP) is 2.68. The second kappa shape index (κ2) is 6.64. The van der Waals surface area contributed by atoms with E-state index >= 15 is 0 Å². The van der Waals surface area contributed by atoms with E-state index in [1.165, 1.54) is 5.56 Å². The highest BCUT2D eigenvalue weighted by Crippen LogP contribution is 2.37. The number of hydrogen-bond donors (Lipinski definition) is 2. The Hall–Kier alpha value is -2.73. The molecule has 0 aliphatic heterocycles. The highest BCUT2D eigenvalue weighted by molar-refractivity contribution is 5.36. The number of H-pyrrole nitrogens is 1. The molecule has 0 saturated heterocycles. The first-order valence-corrected chi connectivity index (χ1v) is 8.62. The molecule has 0 bridgehead atoms. The van der Waals surface area contributed by atoms with Gasteiger partial charge in [0.25, 0.3) is 5.56 Å². The average molecular weight is 335 g/mol. The summed E-state index contributed by atoms with van der Waals surface area (Å²) < 4.78 is 1.84. The summed E-state index contributed by atoms with van der Waals surface area (Å²) >= 11 is 0. The lowest BCUT2D eigenvalue weighted by molar-refractivity contribution is 0.564. The maximum absolute atomic E-state index is 11.8. The number of nitrogens with one attached hydrogen (secondary N) is 2. The number of aromatic amines is 1. The van der Waals surface area contributed by atoms with Crippen molar-refractivity contribution in [2.24, 2.45) is 0 Å². The molecule has 6 heteroatoms. The lowest BCUT2D eigenvalue weighted by Crippen LogP contribution is -2.21. The molecule has 1 atom stereocenters. The fourth-order valence-electron chi connectivity index (χ4n) is 2.90. The van der Waals surface area contributed by atoms with Gasteiger partial charge in [0.2, 0.25) is 0 Å². The molecule has 1 unspecified atom stereocenters. The van der Waals surface area contributed by atoms with Crippen molar-refractivity contribution in [3.63, 3.8) is 0 Å². The van der Waals surface area contributed by atoms with E-state index in [0.29, 0.717) is 12.5 Å². The molecule has 3 aromatic rings. The molecule has 1 aliphatic rings. The Morgan fingerprint density at radius 1 is 1.32 bits per heavy atom. The van der Waals surface area contributed by atoms with Crippen molar-refractivity contribution >= 4 is 0 Å². The van der Waals surface area contributed by atoms with Crippen LogP contribution in [-0.2, 0) is 6.54 Å². The van der Waals surface area contributed by atoms with Gasteiger partial charge in [-0.25, -0.2) is 9.67 Å². The Morgan fingerprint density at radius 2 is 2.20 bits per heavy atom. The SMILES string of the molecule is CC(NCc1cc(=O)[nH]c(C2CC2)n1)c1cccc(-n2cccn2)c1. The van der Waals surface area contributed by atoms with Crippen molar-refractivity contribution in [2.45, 2.75) is 38.3 Å². The number of hydrogen-bond acceptors (Lipinski definition) is 4. The molecule has 1 fully saturated rings. The highest BCUT2D eigenvalue weighted by Gasteiger charge is 2.26. The van der Waals surface area contributed by atoms with E-state index in [2.05, 4.69) is 39.4 Å². The molecule has 0 spiro atoms. The van der Waals surface area contributed by atoms with Gasteiger partial charge in [0.05, 0.1) is 11.4 Å². The van der Waals surface area contributed by atoms with Crippen LogP contribution in [0.5, 0.6) is 0 Å². The van der Waals surface area contributed by atoms with E-state index in [1.807, 2.05) is 29.1 Å². The van der Waals surface area contributed by atoms with Gasteiger partial charge in [-0.3, -0.25) is 4.79 Å². The number of aromatic nitrogens is 4. The van der Waals surface area contributed by atoms with E-state index in [0.717, 1.165) is 30.0 Å². The van der Waals surface area contributed by atoms with E-state index < -0.39 is 0 Å². The van der Waals surface area contributed by atoms with Gasteiger partial charge in [-0.15, -0.1) is 0 Å². The molecule has 0 amide bonds. The monoisotopic (exact) mass is 335 g/mol. The van der Waals surface area contributed by atoms with Gasteiger partial charge in [0.1, 0.15) is 5.82 Å². The van der Waals surface area contributed by atoms with Crippen molar-refractivity contribution in [3.05, 3.63) is 76.2 Å². The maximum atomic E-state index is 11.8. The van der Waals surface area contributed by atoms with Gasteiger partial charge in [0, 0.05) is 37.0 Å². The maximum Gasteiger partial charge on any atom is 0.251 e. The third kappa shape index (κ3) is 3.69. The van der Waals surface area contributed by atoms with Crippen molar-refractivity contribution in [3.8, 4) is 5.69 Å². The molecule has 1 aliphatic carbocycles. The topological polar surface area (TPSA) is 75.6 Å². The van der Waals surface area contributed by atoms with Crippen LogP contribution in [0.4, 0.5) is 0 Å². The van der Waals surface area contributed by atoms with Gasteiger partial charge >= 0.3 is 0 Å². The second-order valence-corrected chi connectivity index (χ2v) is 6.54. The van der Waals surface area contributed by atoms with Crippen LogP contribution in [0.15, 0.2) is 53.6 Å². The summed E-state index contributed by atoms with van der Waals surface area (Å²) in [5.41, 5.74) is 2.92. The third-order valence-electron chi connectivity index (χ3n) is 4.51. The van der Waals surface area contributed by atoms with Gasteiger partial charge in [-0.2, -0.15) is 5.10 Å². The van der Waals surface area contributed by atoms with Crippen LogP contribution in [0.1, 0.15) is 48.8 Å². The van der Waals surface area contributed by atoms with Crippen molar-refractivity contribution < 1.29 is 0 Å². The minimum atomic E-state index is -0.0676. The summed E-state index contributed by atoms with van der Waals surface area (Å²) in [4.78, 5) is 19.2. The fourth-order valence-corrected chi connectivity index (χ4v) is 2.90. The third-order valence-corrected chi connectivity index (χ3v) is 4.51. The zero-order valence-electron chi connectivity index (χ0n) is 14.1. The van der Waals surface area contributed by atoms with Crippen LogP contribution in [-0.4, -0.2) is 19.7 Å². The Labute approximate surface area is 145 Å². The Balaban J connectivity index is 1.46. The summed E-state index contributed by atoms with van der Waals surface area (Å²) in [5, 5.41) is 7.73. The van der Waals surface area contributed by atoms with E-state index in [-0.39, 0.29) is 11.6 Å². The quantitative estimate of drug-likeness (QED) is 0.726. The molecule has 2 N–H and O–H groups in total. The molecule has 2 aromatic heterocycles. The predicted molar refractivity (Wildman–Crippen MR) is 95.7 cm³/mol. The van der Waals surface area contributed by atoms with Gasteiger partial charge in [-0.1, -0.05) is 12.1 Å².